The summed E-state index contributed by atoms with van der Waals surface area (Å²) < 4.78 is 0. The van der Waals surface area contributed by atoms with Gasteiger partial charge >= 0.3 is 5.97 Å². The minimum atomic E-state index is -1.10. The summed E-state index contributed by atoms with van der Waals surface area (Å²) in [5, 5.41) is 21.2. The molecule has 8 heteroatoms. The number of carbonyl (C=O) groups is 2. The number of aliphatic hydroxyl groups is 1. The number of fused-ring (bicyclic) bond motifs is 1. The van der Waals surface area contributed by atoms with E-state index in [-0.39, 0.29) is 23.6 Å². The number of aliphatic carboxylic acids is 1. The molecule has 0 spiro atoms. The van der Waals surface area contributed by atoms with Gasteiger partial charge in [-0.2, -0.15) is 0 Å². The lowest BCUT2D eigenvalue weighted by molar-refractivity contribution is -0.163. The standard InChI is InChI=1S/C16H18N2O4S2/c1-7-12-11(9(3)19)15(20)18(12)13(16(21)22)14(7)23-5-4-10-8(2)17-6-24-10/h4-7,9,11-12,19H,1-3H3,(H,21,22)/t7-,9-,11-,12-/m1/s1. The maximum Gasteiger partial charge on any atom is 0.353 e. The Morgan fingerprint density at radius 2 is 2.25 bits per heavy atom. The number of nitrogens with zero attached hydrogens (tertiary/aromatic N) is 2. The van der Waals surface area contributed by atoms with Gasteiger partial charge in [0.2, 0.25) is 5.91 Å². The molecule has 3 heterocycles. The van der Waals surface area contributed by atoms with E-state index in [4.69, 9.17) is 0 Å². The highest BCUT2D eigenvalue weighted by Gasteiger charge is 2.59. The Balaban J connectivity index is 1.86. The van der Waals surface area contributed by atoms with Crippen LogP contribution in [0.2, 0.25) is 0 Å². The van der Waals surface area contributed by atoms with Crippen LogP contribution in [0.25, 0.3) is 6.08 Å². The van der Waals surface area contributed by atoms with Crippen LogP contribution in [0.5, 0.6) is 0 Å². The van der Waals surface area contributed by atoms with E-state index in [0.717, 1.165) is 10.6 Å². The van der Waals surface area contributed by atoms with Gasteiger partial charge in [-0.15, -0.1) is 11.3 Å². The van der Waals surface area contributed by atoms with Crippen LogP contribution in [0.3, 0.4) is 0 Å². The van der Waals surface area contributed by atoms with Crippen LogP contribution in [-0.2, 0) is 9.59 Å². The van der Waals surface area contributed by atoms with Crippen LogP contribution in [0.15, 0.2) is 21.5 Å². The smallest absolute Gasteiger partial charge is 0.353 e. The molecule has 1 saturated heterocycles. The summed E-state index contributed by atoms with van der Waals surface area (Å²) in [5.41, 5.74) is 2.74. The monoisotopic (exact) mass is 366 g/mol. The Bertz CT molecular complexity index is 753. The fourth-order valence-corrected chi connectivity index (χ4v) is 5.10. The molecule has 4 atom stereocenters. The number of thioether (sulfide) groups is 1. The average molecular weight is 366 g/mol. The van der Waals surface area contributed by atoms with Crippen molar-refractivity contribution in [2.75, 3.05) is 0 Å². The Hall–Kier alpha value is -1.64. The van der Waals surface area contributed by atoms with Gasteiger partial charge in [-0.1, -0.05) is 18.7 Å². The van der Waals surface area contributed by atoms with Crippen molar-refractivity contribution in [3.63, 3.8) is 0 Å². The van der Waals surface area contributed by atoms with Crippen LogP contribution in [0.1, 0.15) is 24.4 Å². The molecule has 128 valence electrons. The van der Waals surface area contributed by atoms with E-state index in [9.17, 15) is 19.8 Å². The number of β-lactam (4-membered cyclic amide) rings is 1. The molecule has 1 aromatic rings. The van der Waals surface area contributed by atoms with Gasteiger partial charge < -0.3 is 15.1 Å². The molecule has 24 heavy (non-hydrogen) atoms. The maximum atomic E-state index is 12.2. The van der Waals surface area contributed by atoms with Crippen molar-refractivity contribution in [1.29, 1.82) is 0 Å². The first-order chi connectivity index (χ1) is 11.3. The molecule has 1 fully saturated rings. The summed E-state index contributed by atoms with van der Waals surface area (Å²) in [7, 11) is 0. The fraction of sp³-hybridized carbons (Fsp3) is 0.438. The second kappa shape index (κ2) is 6.34. The summed E-state index contributed by atoms with van der Waals surface area (Å²) in [6.07, 6.45) is 1.12. The zero-order valence-corrected chi connectivity index (χ0v) is 15.1. The van der Waals surface area contributed by atoms with Crippen molar-refractivity contribution in [2.24, 2.45) is 11.8 Å². The van der Waals surface area contributed by atoms with Gasteiger partial charge in [-0.3, -0.25) is 4.79 Å². The number of rotatable bonds is 5. The van der Waals surface area contributed by atoms with Crippen LogP contribution < -0.4 is 0 Å². The van der Waals surface area contributed by atoms with Crippen LogP contribution in [-0.4, -0.2) is 44.1 Å². The fourth-order valence-electron chi connectivity index (χ4n) is 3.32. The van der Waals surface area contributed by atoms with E-state index >= 15 is 0 Å². The number of hydrogen-bond acceptors (Lipinski definition) is 6. The third kappa shape index (κ3) is 2.58. The topological polar surface area (TPSA) is 90.7 Å². The SMILES string of the molecule is Cc1ncsc1C=CSC1=C(C(=O)O)N2C(=O)[C@H]([C@@H](C)O)[C@H]2[C@H]1C. The van der Waals surface area contributed by atoms with Gasteiger partial charge in [-0.05, 0) is 25.3 Å². The lowest BCUT2D eigenvalue weighted by Crippen LogP contribution is -2.63. The summed E-state index contributed by atoms with van der Waals surface area (Å²) in [5.74, 6) is -2.06. The molecular weight excluding hydrogens is 348 g/mol. The molecule has 0 radical (unpaired) electrons. The second-order valence-corrected chi connectivity index (χ2v) is 7.83. The number of carboxylic acids is 1. The summed E-state index contributed by atoms with van der Waals surface area (Å²) >= 11 is 2.84. The van der Waals surface area contributed by atoms with Crippen molar-refractivity contribution < 1.29 is 19.8 Å². The van der Waals surface area contributed by atoms with Crippen molar-refractivity contribution in [3.05, 3.63) is 32.1 Å². The molecular formula is C16H18N2O4S2. The molecule has 2 aliphatic rings. The van der Waals surface area contributed by atoms with Crippen molar-refractivity contribution in [2.45, 2.75) is 32.9 Å². The summed E-state index contributed by atoms with van der Waals surface area (Å²) in [4.78, 5) is 31.1. The van der Waals surface area contributed by atoms with Gasteiger partial charge in [-0.25, -0.2) is 9.78 Å². The summed E-state index contributed by atoms with van der Waals surface area (Å²) in [6, 6.07) is -0.273. The average Bonchev–Trinajstić information content (AvgIpc) is 3.00. The number of thiazole rings is 1. The predicted octanol–water partition coefficient (Wildman–Crippen LogP) is 2.31. The maximum absolute atomic E-state index is 12.2. The van der Waals surface area contributed by atoms with Crippen molar-refractivity contribution in [1.82, 2.24) is 9.88 Å². The van der Waals surface area contributed by atoms with Gasteiger partial charge in [0.15, 0.2) is 0 Å². The lowest BCUT2D eigenvalue weighted by Gasteiger charge is -2.46. The first-order valence-corrected chi connectivity index (χ1v) is 9.32. The molecule has 1 amide bonds. The molecule has 0 aromatic carbocycles. The van der Waals surface area contributed by atoms with Gasteiger partial charge in [0.1, 0.15) is 5.70 Å². The van der Waals surface area contributed by atoms with Gasteiger partial charge in [0, 0.05) is 10.8 Å². The predicted molar refractivity (Wildman–Crippen MR) is 93.1 cm³/mol. The van der Waals surface area contributed by atoms with Gasteiger partial charge in [0.25, 0.3) is 0 Å². The first kappa shape index (κ1) is 17.2. The van der Waals surface area contributed by atoms with Crippen LogP contribution >= 0.6 is 23.1 Å². The molecule has 2 N–H and O–H groups in total. The Kier molecular flexibility index (Phi) is 4.54. The highest BCUT2D eigenvalue weighted by Crippen LogP contribution is 2.50. The van der Waals surface area contributed by atoms with Gasteiger partial charge in [0.05, 0.1) is 34.1 Å². The quantitative estimate of drug-likeness (QED) is 0.777. The van der Waals surface area contributed by atoms with Crippen LogP contribution in [0, 0.1) is 18.8 Å². The lowest BCUT2D eigenvalue weighted by atomic mass is 9.79. The number of amides is 1. The number of carboxylic acid groups (broad SMARTS) is 1. The zero-order valence-electron chi connectivity index (χ0n) is 13.5. The minimum Gasteiger partial charge on any atom is -0.477 e. The molecule has 0 bridgehead atoms. The number of hydrogen-bond donors (Lipinski definition) is 2. The molecule has 6 nitrogen and oxygen atoms in total. The van der Waals surface area contributed by atoms with E-state index in [1.165, 1.54) is 28.0 Å². The third-order valence-corrected chi connectivity index (χ3v) is 6.50. The minimum absolute atomic E-state index is 0.0464. The molecule has 3 rings (SSSR count). The zero-order chi connectivity index (χ0) is 17.6. The number of carbonyl (C=O) groups excluding carboxylic acids is 1. The van der Waals surface area contributed by atoms with E-state index < -0.39 is 18.0 Å². The molecule has 0 saturated carbocycles. The van der Waals surface area contributed by atoms with Crippen molar-refractivity contribution in [3.8, 4) is 0 Å². The highest BCUT2D eigenvalue weighted by atomic mass is 32.2. The number of aliphatic hydroxyl groups excluding tert-OH is 1. The number of aromatic nitrogens is 1. The normalized spacial score (nSPS) is 27.6. The van der Waals surface area contributed by atoms with Crippen molar-refractivity contribution >= 4 is 41.1 Å². The first-order valence-electron chi connectivity index (χ1n) is 7.56. The highest BCUT2D eigenvalue weighted by molar-refractivity contribution is 8.06. The van der Waals surface area contributed by atoms with E-state index in [2.05, 4.69) is 4.98 Å². The Labute approximate surface area is 147 Å². The third-order valence-electron chi connectivity index (χ3n) is 4.51. The second-order valence-electron chi connectivity index (χ2n) is 5.99. The molecule has 2 aliphatic heterocycles. The Morgan fingerprint density at radius 1 is 1.54 bits per heavy atom. The van der Waals surface area contributed by atoms with E-state index in [1.807, 2.05) is 25.3 Å². The largest absolute Gasteiger partial charge is 0.477 e. The van der Waals surface area contributed by atoms with E-state index in [0.29, 0.717) is 4.91 Å². The molecule has 0 aliphatic carbocycles. The van der Waals surface area contributed by atoms with Crippen LogP contribution in [0.4, 0.5) is 0 Å². The number of aryl methyl sites for hydroxylation is 1. The van der Waals surface area contributed by atoms with E-state index in [1.54, 1.807) is 12.4 Å². The Morgan fingerprint density at radius 3 is 2.79 bits per heavy atom. The summed E-state index contributed by atoms with van der Waals surface area (Å²) in [6.45, 7) is 5.40. The molecule has 0 unspecified atom stereocenters. The molecule has 1 aromatic heterocycles.